The normalized spacial score (nSPS) is 10.8. The maximum Gasteiger partial charge on any atom is 0.271 e. The molecule has 2 rings (SSSR count). The highest BCUT2D eigenvalue weighted by atomic mass is 127. The van der Waals surface area contributed by atoms with Crippen LogP contribution in [-0.4, -0.2) is 12.1 Å². The van der Waals surface area contributed by atoms with Gasteiger partial charge in [0.15, 0.2) is 0 Å². The number of carbonyl (C=O) groups excluding carboxylic acids is 1. The van der Waals surface area contributed by atoms with Crippen molar-refractivity contribution >= 4 is 34.7 Å². The molecule has 2 aromatic carbocycles. The Morgan fingerprint density at radius 2 is 1.90 bits per heavy atom. The first-order valence-corrected chi connectivity index (χ1v) is 7.31. The van der Waals surface area contributed by atoms with Crippen LogP contribution in [0.15, 0.2) is 47.6 Å². The molecule has 0 atom stereocenters. The van der Waals surface area contributed by atoms with Crippen molar-refractivity contribution in [3.8, 4) is 0 Å². The number of benzene rings is 2. The van der Waals surface area contributed by atoms with Gasteiger partial charge >= 0.3 is 0 Å². The Morgan fingerprint density at radius 3 is 2.60 bits per heavy atom. The van der Waals surface area contributed by atoms with E-state index in [-0.39, 0.29) is 5.91 Å². The van der Waals surface area contributed by atoms with E-state index in [1.54, 1.807) is 12.3 Å². The van der Waals surface area contributed by atoms with Crippen LogP contribution in [0.1, 0.15) is 27.0 Å². The Balaban J connectivity index is 2.05. The third-order valence-electron chi connectivity index (χ3n) is 3.04. The second kappa shape index (κ2) is 6.65. The average Bonchev–Trinajstić information content (AvgIpc) is 2.44. The maximum atomic E-state index is 12.0. The van der Waals surface area contributed by atoms with Crippen LogP contribution in [0.25, 0.3) is 0 Å². The van der Waals surface area contributed by atoms with Crippen LogP contribution in [-0.2, 0) is 0 Å². The fraction of sp³-hybridized carbons (Fsp3) is 0.125. The van der Waals surface area contributed by atoms with Crippen molar-refractivity contribution in [2.45, 2.75) is 13.8 Å². The molecule has 0 radical (unpaired) electrons. The van der Waals surface area contributed by atoms with Crippen LogP contribution >= 0.6 is 22.6 Å². The number of hydrogen-bond donors (Lipinski definition) is 1. The third kappa shape index (κ3) is 3.66. The molecule has 0 aromatic heterocycles. The Bertz CT molecular complexity index is 665. The van der Waals surface area contributed by atoms with Crippen molar-refractivity contribution in [3.63, 3.8) is 0 Å². The highest BCUT2D eigenvalue weighted by molar-refractivity contribution is 14.1. The highest BCUT2D eigenvalue weighted by Gasteiger charge is 2.05. The number of amides is 1. The molecule has 0 saturated heterocycles. The lowest BCUT2D eigenvalue weighted by Crippen LogP contribution is -2.17. The highest BCUT2D eigenvalue weighted by Crippen LogP contribution is 2.10. The fourth-order valence-electron chi connectivity index (χ4n) is 1.69. The summed E-state index contributed by atoms with van der Waals surface area (Å²) < 4.78 is 1.09. The molecular weight excluding hydrogens is 363 g/mol. The second-order valence-corrected chi connectivity index (χ2v) is 5.68. The first-order valence-electron chi connectivity index (χ1n) is 6.23. The number of halogens is 1. The van der Waals surface area contributed by atoms with Crippen LogP contribution in [0.2, 0.25) is 0 Å². The largest absolute Gasteiger partial charge is 0.271 e. The lowest BCUT2D eigenvalue weighted by molar-refractivity contribution is 0.0955. The van der Waals surface area contributed by atoms with Gasteiger partial charge in [-0.2, -0.15) is 5.10 Å². The summed E-state index contributed by atoms with van der Waals surface area (Å²) >= 11 is 2.23. The van der Waals surface area contributed by atoms with Crippen molar-refractivity contribution in [1.82, 2.24) is 5.43 Å². The molecule has 0 aliphatic heterocycles. The zero-order chi connectivity index (χ0) is 14.5. The first kappa shape index (κ1) is 14.7. The molecule has 1 amide bonds. The number of nitrogens with one attached hydrogen (secondary N) is 1. The van der Waals surface area contributed by atoms with Gasteiger partial charge in [-0.3, -0.25) is 4.79 Å². The molecule has 0 aliphatic carbocycles. The van der Waals surface area contributed by atoms with E-state index < -0.39 is 0 Å². The van der Waals surface area contributed by atoms with E-state index in [4.69, 9.17) is 0 Å². The minimum absolute atomic E-state index is 0.199. The van der Waals surface area contributed by atoms with E-state index in [0.29, 0.717) is 5.56 Å². The van der Waals surface area contributed by atoms with Gasteiger partial charge in [-0.1, -0.05) is 24.3 Å². The Labute approximate surface area is 132 Å². The molecular formula is C16H15IN2O. The fourth-order valence-corrected chi connectivity index (χ4v) is 2.21. The Morgan fingerprint density at radius 1 is 1.15 bits per heavy atom. The van der Waals surface area contributed by atoms with E-state index in [0.717, 1.165) is 14.7 Å². The van der Waals surface area contributed by atoms with Crippen LogP contribution < -0.4 is 5.43 Å². The van der Waals surface area contributed by atoms with Gasteiger partial charge in [0.1, 0.15) is 0 Å². The van der Waals surface area contributed by atoms with Gasteiger partial charge in [-0.25, -0.2) is 5.43 Å². The molecule has 0 aliphatic rings. The number of carbonyl (C=O) groups is 1. The predicted octanol–water partition coefficient (Wildman–Crippen LogP) is 3.67. The molecule has 102 valence electrons. The van der Waals surface area contributed by atoms with E-state index in [9.17, 15) is 4.79 Å². The quantitative estimate of drug-likeness (QED) is 0.494. The lowest BCUT2D eigenvalue weighted by atomic mass is 10.1. The zero-order valence-electron chi connectivity index (χ0n) is 11.4. The van der Waals surface area contributed by atoms with E-state index in [1.807, 2.05) is 50.2 Å². The molecule has 0 unspecified atom stereocenters. The lowest BCUT2D eigenvalue weighted by Gasteiger charge is -2.04. The smallest absolute Gasteiger partial charge is 0.267 e. The van der Waals surface area contributed by atoms with Crippen molar-refractivity contribution in [2.24, 2.45) is 5.10 Å². The average molecular weight is 378 g/mol. The third-order valence-corrected chi connectivity index (χ3v) is 4.03. The molecule has 4 heteroatoms. The summed E-state index contributed by atoms with van der Waals surface area (Å²) in [6.07, 6.45) is 1.65. The SMILES string of the molecule is Cc1ccc(C(=O)N/N=C/c2ccccc2I)cc1C. The summed E-state index contributed by atoms with van der Waals surface area (Å²) in [5, 5.41) is 4.00. The van der Waals surface area contributed by atoms with Crippen molar-refractivity contribution in [1.29, 1.82) is 0 Å². The minimum Gasteiger partial charge on any atom is -0.267 e. The first-order chi connectivity index (χ1) is 9.58. The Hall–Kier alpha value is -1.69. The monoisotopic (exact) mass is 378 g/mol. The summed E-state index contributed by atoms with van der Waals surface area (Å²) in [4.78, 5) is 12.0. The van der Waals surface area contributed by atoms with Crippen LogP contribution in [0.3, 0.4) is 0 Å². The van der Waals surface area contributed by atoms with Crippen molar-refractivity contribution in [2.75, 3.05) is 0 Å². The van der Waals surface area contributed by atoms with Gasteiger partial charge < -0.3 is 0 Å². The molecule has 0 fully saturated rings. The summed E-state index contributed by atoms with van der Waals surface area (Å²) in [6, 6.07) is 13.5. The number of rotatable bonds is 3. The van der Waals surface area contributed by atoms with Gasteiger partial charge in [0.25, 0.3) is 5.91 Å². The number of nitrogens with zero attached hydrogens (tertiary/aromatic N) is 1. The van der Waals surface area contributed by atoms with E-state index in [2.05, 4.69) is 33.1 Å². The number of hydrazone groups is 1. The molecule has 0 bridgehead atoms. The minimum atomic E-state index is -0.199. The topological polar surface area (TPSA) is 41.5 Å². The second-order valence-electron chi connectivity index (χ2n) is 4.52. The van der Waals surface area contributed by atoms with Crippen LogP contribution in [0.4, 0.5) is 0 Å². The summed E-state index contributed by atoms with van der Waals surface area (Å²) in [5.74, 6) is -0.199. The number of hydrogen-bond acceptors (Lipinski definition) is 2. The number of aryl methyl sites for hydroxylation is 2. The van der Waals surface area contributed by atoms with Gasteiger partial charge in [0.05, 0.1) is 6.21 Å². The molecule has 0 spiro atoms. The standard InChI is InChI=1S/C16H15IN2O/c1-11-7-8-13(9-12(11)2)16(20)19-18-10-14-5-3-4-6-15(14)17/h3-10H,1-2H3,(H,19,20)/b18-10+. The molecule has 20 heavy (non-hydrogen) atoms. The maximum absolute atomic E-state index is 12.0. The summed E-state index contributed by atoms with van der Waals surface area (Å²) in [7, 11) is 0. The molecule has 0 saturated carbocycles. The van der Waals surface area contributed by atoms with Gasteiger partial charge in [0, 0.05) is 14.7 Å². The van der Waals surface area contributed by atoms with Gasteiger partial charge in [0.2, 0.25) is 0 Å². The van der Waals surface area contributed by atoms with Crippen molar-refractivity contribution in [3.05, 3.63) is 68.3 Å². The molecule has 2 aromatic rings. The molecule has 0 heterocycles. The van der Waals surface area contributed by atoms with Gasteiger partial charge in [-0.05, 0) is 65.8 Å². The van der Waals surface area contributed by atoms with Crippen molar-refractivity contribution < 1.29 is 4.79 Å². The molecule has 3 nitrogen and oxygen atoms in total. The van der Waals surface area contributed by atoms with Crippen LogP contribution in [0, 0.1) is 17.4 Å². The predicted molar refractivity (Wildman–Crippen MR) is 90.1 cm³/mol. The molecule has 1 N–H and O–H groups in total. The van der Waals surface area contributed by atoms with E-state index >= 15 is 0 Å². The summed E-state index contributed by atoms with van der Waals surface area (Å²) in [6.45, 7) is 4.01. The Kier molecular flexibility index (Phi) is 4.89. The zero-order valence-corrected chi connectivity index (χ0v) is 13.5. The van der Waals surface area contributed by atoms with Gasteiger partial charge in [-0.15, -0.1) is 0 Å². The van der Waals surface area contributed by atoms with E-state index in [1.165, 1.54) is 5.56 Å². The van der Waals surface area contributed by atoms with Crippen LogP contribution in [0.5, 0.6) is 0 Å². The summed E-state index contributed by atoms with van der Waals surface area (Å²) in [5.41, 5.74) is 6.41.